The van der Waals surface area contributed by atoms with E-state index < -0.39 is 35.1 Å². The molecule has 0 bridgehead atoms. The van der Waals surface area contributed by atoms with E-state index in [-0.39, 0.29) is 0 Å². The zero-order valence-corrected chi connectivity index (χ0v) is 15.4. The Balaban J connectivity index is 1.75. The molecule has 0 unspecified atom stereocenters. The second kappa shape index (κ2) is 7.79. The normalized spacial score (nSPS) is 12.2. The molecule has 28 heavy (non-hydrogen) atoms. The monoisotopic (exact) mass is 389 g/mol. The molecule has 0 aliphatic heterocycles. The molecule has 6 nitrogen and oxygen atoms in total. The van der Waals surface area contributed by atoms with Gasteiger partial charge in [-0.2, -0.15) is 4.80 Å². The van der Waals surface area contributed by atoms with Crippen LogP contribution in [0.2, 0.25) is 0 Å². The number of halogens is 3. The molecular formula is C19H18F3N5O. The summed E-state index contributed by atoms with van der Waals surface area (Å²) >= 11 is 0. The molecule has 1 amide bonds. The summed E-state index contributed by atoms with van der Waals surface area (Å²) in [4.78, 5) is 13.4. The lowest BCUT2D eigenvalue weighted by atomic mass is 10.0. The van der Waals surface area contributed by atoms with Gasteiger partial charge >= 0.3 is 0 Å². The number of carbonyl (C=O) groups is 1. The largest absolute Gasteiger partial charge is 0.322 e. The van der Waals surface area contributed by atoms with E-state index in [2.05, 4.69) is 34.6 Å². The van der Waals surface area contributed by atoms with E-state index in [1.807, 2.05) is 24.3 Å². The number of amides is 1. The molecule has 0 saturated carbocycles. The Morgan fingerprint density at radius 2 is 1.68 bits per heavy atom. The maximum Gasteiger partial charge on any atom is 0.250 e. The van der Waals surface area contributed by atoms with Crippen molar-refractivity contribution in [3.05, 3.63) is 59.4 Å². The third kappa shape index (κ3) is 3.88. The maximum atomic E-state index is 13.7. The fraction of sp³-hybridized carbons (Fsp3) is 0.263. The fourth-order valence-corrected chi connectivity index (χ4v) is 2.49. The van der Waals surface area contributed by atoms with Gasteiger partial charge < -0.3 is 5.32 Å². The second-order valence-electron chi connectivity index (χ2n) is 6.60. The van der Waals surface area contributed by atoms with Crippen molar-refractivity contribution in [2.75, 3.05) is 5.32 Å². The van der Waals surface area contributed by atoms with Gasteiger partial charge in [-0.05, 0) is 35.8 Å². The number of rotatable bonds is 5. The van der Waals surface area contributed by atoms with Crippen LogP contribution in [-0.4, -0.2) is 26.1 Å². The van der Waals surface area contributed by atoms with E-state index in [4.69, 9.17) is 0 Å². The fourth-order valence-electron chi connectivity index (χ4n) is 2.49. The highest BCUT2D eigenvalue weighted by Crippen LogP contribution is 2.22. The van der Waals surface area contributed by atoms with Crippen molar-refractivity contribution in [2.45, 2.75) is 32.7 Å². The van der Waals surface area contributed by atoms with E-state index >= 15 is 0 Å². The summed E-state index contributed by atoms with van der Waals surface area (Å²) in [6.07, 6.45) is 0. The first kappa shape index (κ1) is 19.5. The molecule has 2 aromatic carbocycles. The molecule has 3 aromatic rings. The lowest BCUT2D eigenvalue weighted by Crippen LogP contribution is -2.26. The van der Waals surface area contributed by atoms with Crippen molar-refractivity contribution in [2.24, 2.45) is 0 Å². The number of hydrogen-bond donors (Lipinski definition) is 1. The number of tetrazole rings is 1. The van der Waals surface area contributed by atoms with Gasteiger partial charge in [-0.15, -0.1) is 10.2 Å². The van der Waals surface area contributed by atoms with E-state index in [1.165, 1.54) is 6.92 Å². The predicted octanol–water partition coefficient (Wildman–Crippen LogP) is 4.08. The van der Waals surface area contributed by atoms with Crippen LogP contribution in [-0.2, 0) is 4.79 Å². The lowest BCUT2D eigenvalue weighted by Gasteiger charge is -2.11. The van der Waals surface area contributed by atoms with Crippen LogP contribution < -0.4 is 5.32 Å². The summed E-state index contributed by atoms with van der Waals surface area (Å²) in [5.41, 5.74) is 1.42. The van der Waals surface area contributed by atoms with E-state index in [0.29, 0.717) is 11.7 Å². The quantitative estimate of drug-likeness (QED) is 0.668. The molecule has 0 spiro atoms. The second-order valence-corrected chi connectivity index (χ2v) is 6.60. The molecule has 9 heteroatoms. The first-order valence-corrected chi connectivity index (χ1v) is 8.62. The molecular weight excluding hydrogens is 371 g/mol. The van der Waals surface area contributed by atoms with Crippen LogP contribution in [0.4, 0.5) is 18.9 Å². The van der Waals surface area contributed by atoms with Crippen molar-refractivity contribution in [3.8, 4) is 11.4 Å². The van der Waals surface area contributed by atoms with Crippen LogP contribution in [0.15, 0.2) is 36.4 Å². The van der Waals surface area contributed by atoms with Gasteiger partial charge in [-0.3, -0.25) is 4.79 Å². The van der Waals surface area contributed by atoms with E-state index in [1.54, 1.807) is 0 Å². The van der Waals surface area contributed by atoms with Gasteiger partial charge in [0, 0.05) is 5.56 Å². The smallest absolute Gasteiger partial charge is 0.250 e. The Hall–Kier alpha value is -3.23. The van der Waals surface area contributed by atoms with Crippen LogP contribution in [0, 0.1) is 17.5 Å². The molecule has 0 saturated heterocycles. The molecule has 1 heterocycles. The van der Waals surface area contributed by atoms with Crippen molar-refractivity contribution in [3.63, 3.8) is 0 Å². The summed E-state index contributed by atoms with van der Waals surface area (Å²) in [5.74, 6) is -4.46. The van der Waals surface area contributed by atoms with Gasteiger partial charge in [-0.1, -0.05) is 38.1 Å². The zero-order valence-electron chi connectivity index (χ0n) is 15.4. The first-order chi connectivity index (χ1) is 13.3. The minimum absolute atomic E-state index is 0.328. The van der Waals surface area contributed by atoms with Gasteiger partial charge in [-0.25, -0.2) is 13.2 Å². The maximum absolute atomic E-state index is 13.7. The van der Waals surface area contributed by atoms with Gasteiger partial charge in [0.25, 0.3) is 5.91 Å². The van der Waals surface area contributed by atoms with Crippen LogP contribution in [0.1, 0.15) is 38.3 Å². The predicted molar refractivity (Wildman–Crippen MR) is 97.0 cm³/mol. The summed E-state index contributed by atoms with van der Waals surface area (Å²) in [6, 6.07) is 8.35. The van der Waals surface area contributed by atoms with Crippen LogP contribution in [0.25, 0.3) is 11.4 Å². The third-order valence-electron chi connectivity index (χ3n) is 4.28. The van der Waals surface area contributed by atoms with E-state index in [9.17, 15) is 18.0 Å². The highest BCUT2D eigenvalue weighted by atomic mass is 19.2. The topological polar surface area (TPSA) is 72.7 Å². The molecule has 146 valence electrons. The Morgan fingerprint density at radius 1 is 1.00 bits per heavy atom. The number of benzene rings is 2. The van der Waals surface area contributed by atoms with Gasteiger partial charge in [0.1, 0.15) is 6.04 Å². The Kier molecular flexibility index (Phi) is 5.43. The Labute approximate surface area is 159 Å². The van der Waals surface area contributed by atoms with Crippen LogP contribution in [0.5, 0.6) is 0 Å². The van der Waals surface area contributed by atoms with Gasteiger partial charge in [0.2, 0.25) is 5.82 Å². The van der Waals surface area contributed by atoms with Gasteiger partial charge in [0.05, 0.1) is 5.69 Å². The standard InChI is InChI=1S/C19H18F3N5O/c1-10(2)12-4-6-13(7-5-12)18-24-26-27(25-18)11(3)19(28)23-15-9-8-14(20)16(21)17(15)22/h4-11H,1-3H3,(H,23,28)/t11-/m1/s1. The SMILES string of the molecule is CC(C)c1ccc(-c2nnn([C@H](C)C(=O)Nc3ccc(F)c(F)c3F)n2)cc1. The highest BCUT2D eigenvalue weighted by molar-refractivity contribution is 5.93. The molecule has 3 rings (SSSR count). The van der Waals surface area contributed by atoms with Crippen molar-refractivity contribution in [1.29, 1.82) is 0 Å². The third-order valence-corrected chi connectivity index (χ3v) is 4.28. The molecule has 0 fully saturated rings. The minimum atomic E-state index is -1.66. The summed E-state index contributed by atoms with van der Waals surface area (Å²) < 4.78 is 40.0. The van der Waals surface area contributed by atoms with Crippen LogP contribution >= 0.6 is 0 Å². The van der Waals surface area contributed by atoms with Gasteiger partial charge in [0.15, 0.2) is 17.5 Å². The lowest BCUT2D eigenvalue weighted by molar-refractivity contribution is -0.119. The van der Waals surface area contributed by atoms with Crippen LogP contribution in [0.3, 0.4) is 0 Å². The van der Waals surface area contributed by atoms with Crippen molar-refractivity contribution < 1.29 is 18.0 Å². The highest BCUT2D eigenvalue weighted by Gasteiger charge is 2.22. The summed E-state index contributed by atoms with van der Waals surface area (Å²) in [7, 11) is 0. The molecule has 0 aliphatic carbocycles. The molecule has 0 aliphatic rings. The number of anilines is 1. The Morgan fingerprint density at radius 3 is 2.32 bits per heavy atom. The number of nitrogens with one attached hydrogen (secondary N) is 1. The summed E-state index contributed by atoms with van der Waals surface area (Å²) in [6.45, 7) is 5.64. The molecule has 1 atom stereocenters. The first-order valence-electron chi connectivity index (χ1n) is 8.62. The number of carbonyl (C=O) groups excluding carboxylic acids is 1. The van der Waals surface area contributed by atoms with Crippen molar-refractivity contribution in [1.82, 2.24) is 20.2 Å². The van der Waals surface area contributed by atoms with Crippen molar-refractivity contribution >= 4 is 11.6 Å². The molecule has 1 N–H and O–H groups in total. The average Bonchev–Trinajstić information content (AvgIpc) is 3.18. The average molecular weight is 389 g/mol. The number of hydrogen-bond acceptors (Lipinski definition) is 4. The number of aromatic nitrogens is 4. The zero-order chi connectivity index (χ0) is 20.4. The Bertz CT molecular complexity index is 1000. The van der Waals surface area contributed by atoms with E-state index in [0.717, 1.165) is 28.1 Å². The minimum Gasteiger partial charge on any atom is -0.322 e. The molecule has 0 radical (unpaired) electrons. The summed E-state index contributed by atoms with van der Waals surface area (Å²) in [5, 5.41) is 14.2. The molecule has 1 aromatic heterocycles. The number of nitrogens with zero attached hydrogens (tertiary/aromatic N) is 4.